The number of hydrogen-bond acceptors (Lipinski definition) is 4. The first kappa shape index (κ1) is 10.8. The lowest BCUT2D eigenvalue weighted by molar-refractivity contribution is -0.149. The molecule has 7 nitrogen and oxygen atoms in total. The molecule has 0 aromatic carbocycles. The van der Waals surface area contributed by atoms with E-state index in [4.69, 9.17) is 5.53 Å². The van der Waals surface area contributed by atoms with Crippen LogP contribution < -0.4 is 0 Å². The lowest BCUT2D eigenvalue weighted by Gasteiger charge is -2.22. The standard InChI is InChI=1S/C9H12N4O3/c1-16-9(15)7-4-6(11-12-10)8(14)13(7)5-2-3-5/h5-7H,2-4H2,1H3/t6-,7-/m0/s1. The van der Waals surface area contributed by atoms with Crippen LogP contribution in [-0.4, -0.2) is 42.0 Å². The first-order chi connectivity index (χ1) is 7.69. The summed E-state index contributed by atoms with van der Waals surface area (Å²) in [7, 11) is 1.29. The predicted molar refractivity (Wildman–Crippen MR) is 53.2 cm³/mol. The van der Waals surface area contributed by atoms with E-state index in [-0.39, 0.29) is 18.4 Å². The summed E-state index contributed by atoms with van der Waals surface area (Å²) >= 11 is 0. The van der Waals surface area contributed by atoms with E-state index in [1.54, 1.807) is 0 Å². The number of amides is 1. The Morgan fingerprint density at radius 3 is 2.81 bits per heavy atom. The Morgan fingerprint density at radius 1 is 1.62 bits per heavy atom. The average Bonchev–Trinajstić information content (AvgIpc) is 3.05. The highest BCUT2D eigenvalue weighted by Crippen LogP contribution is 2.35. The molecule has 1 amide bonds. The molecular weight excluding hydrogens is 212 g/mol. The number of hydrogen-bond donors (Lipinski definition) is 0. The van der Waals surface area contributed by atoms with Gasteiger partial charge in [-0.2, -0.15) is 0 Å². The van der Waals surface area contributed by atoms with E-state index in [1.165, 1.54) is 12.0 Å². The van der Waals surface area contributed by atoms with E-state index in [9.17, 15) is 9.59 Å². The molecule has 1 saturated carbocycles. The second-order valence-electron chi connectivity index (χ2n) is 3.97. The highest BCUT2D eigenvalue weighted by atomic mass is 16.5. The van der Waals surface area contributed by atoms with Crippen LogP contribution in [0.4, 0.5) is 0 Å². The van der Waals surface area contributed by atoms with Crippen molar-refractivity contribution in [1.82, 2.24) is 4.90 Å². The minimum absolute atomic E-state index is 0.121. The second-order valence-corrected chi connectivity index (χ2v) is 3.97. The zero-order chi connectivity index (χ0) is 11.7. The summed E-state index contributed by atoms with van der Waals surface area (Å²) in [5.41, 5.74) is 8.34. The Labute approximate surface area is 92.0 Å². The van der Waals surface area contributed by atoms with Crippen molar-refractivity contribution in [2.45, 2.75) is 37.4 Å². The Morgan fingerprint density at radius 2 is 2.31 bits per heavy atom. The van der Waals surface area contributed by atoms with E-state index in [0.29, 0.717) is 0 Å². The van der Waals surface area contributed by atoms with Crippen molar-refractivity contribution in [2.24, 2.45) is 5.11 Å². The molecule has 1 aliphatic carbocycles. The van der Waals surface area contributed by atoms with Gasteiger partial charge in [0.2, 0.25) is 5.91 Å². The molecule has 2 aliphatic rings. The van der Waals surface area contributed by atoms with Gasteiger partial charge in [-0.05, 0) is 24.8 Å². The van der Waals surface area contributed by atoms with E-state index in [0.717, 1.165) is 12.8 Å². The molecule has 2 fully saturated rings. The largest absolute Gasteiger partial charge is 0.467 e. The summed E-state index contributed by atoms with van der Waals surface area (Å²) in [6, 6.07) is -1.22. The maximum atomic E-state index is 11.9. The van der Waals surface area contributed by atoms with Crippen molar-refractivity contribution < 1.29 is 14.3 Å². The number of carbonyl (C=O) groups excluding carboxylic acids is 2. The fourth-order valence-electron chi connectivity index (χ4n) is 2.04. The van der Waals surface area contributed by atoms with Gasteiger partial charge >= 0.3 is 5.97 Å². The molecule has 0 aromatic heterocycles. The van der Waals surface area contributed by atoms with Crippen molar-refractivity contribution in [3.63, 3.8) is 0 Å². The first-order valence-corrected chi connectivity index (χ1v) is 5.13. The van der Waals surface area contributed by atoms with Gasteiger partial charge in [-0.1, -0.05) is 5.11 Å². The van der Waals surface area contributed by atoms with Crippen LogP contribution in [0, 0.1) is 0 Å². The van der Waals surface area contributed by atoms with Crippen LogP contribution in [0.15, 0.2) is 5.11 Å². The molecule has 0 radical (unpaired) electrons. The van der Waals surface area contributed by atoms with E-state index >= 15 is 0 Å². The Bertz CT molecular complexity index is 373. The Kier molecular flexibility index (Phi) is 2.70. The molecule has 2 rings (SSSR count). The van der Waals surface area contributed by atoms with E-state index in [2.05, 4.69) is 14.8 Å². The molecule has 7 heteroatoms. The van der Waals surface area contributed by atoms with E-state index < -0.39 is 18.1 Å². The van der Waals surface area contributed by atoms with Crippen LogP contribution in [0.25, 0.3) is 10.4 Å². The molecule has 86 valence electrons. The third-order valence-electron chi connectivity index (χ3n) is 2.93. The average molecular weight is 224 g/mol. The topological polar surface area (TPSA) is 95.4 Å². The van der Waals surface area contributed by atoms with Gasteiger partial charge in [-0.3, -0.25) is 4.79 Å². The van der Waals surface area contributed by atoms with Gasteiger partial charge in [0, 0.05) is 11.0 Å². The van der Waals surface area contributed by atoms with Gasteiger partial charge < -0.3 is 9.64 Å². The molecule has 0 spiro atoms. The minimum atomic E-state index is -0.755. The second kappa shape index (κ2) is 4.02. The molecule has 0 N–H and O–H groups in total. The molecule has 2 atom stereocenters. The van der Waals surface area contributed by atoms with Crippen molar-refractivity contribution >= 4 is 11.9 Å². The summed E-state index contributed by atoms with van der Waals surface area (Å²) in [5, 5.41) is 3.41. The van der Waals surface area contributed by atoms with Crippen molar-refractivity contribution in [3.8, 4) is 0 Å². The highest BCUT2D eigenvalue weighted by molar-refractivity contribution is 5.92. The number of rotatable bonds is 3. The highest BCUT2D eigenvalue weighted by Gasteiger charge is 2.49. The zero-order valence-corrected chi connectivity index (χ0v) is 8.87. The molecule has 0 aromatic rings. The molecule has 0 unspecified atom stereocenters. The quantitative estimate of drug-likeness (QED) is 0.304. The summed E-state index contributed by atoms with van der Waals surface area (Å²) in [5.74, 6) is -0.688. The monoisotopic (exact) mass is 224 g/mol. The van der Waals surface area contributed by atoms with Crippen molar-refractivity contribution in [2.75, 3.05) is 7.11 Å². The van der Waals surface area contributed by atoms with Crippen molar-refractivity contribution in [3.05, 3.63) is 10.4 Å². The van der Waals surface area contributed by atoms with Crippen LogP contribution in [0.5, 0.6) is 0 Å². The van der Waals surface area contributed by atoms with Crippen molar-refractivity contribution in [1.29, 1.82) is 0 Å². The molecule has 1 heterocycles. The first-order valence-electron chi connectivity index (χ1n) is 5.13. The third kappa shape index (κ3) is 1.69. The number of carbonyl (C=O) groups is 2. The minimum Gasteiger partial charge on any atom is -0.467 e. The molecule has 0 bridgehead atoms. The number of esters is 1. The normalized spacial score (nSPS) is 28.8. The van der Waals surface area contributed by atoms with Gasteiger partial charge in [-0.25, -0.2) is 4.79 Å². The van der Waals surface area contributed by atoms with E-state index in [1.807, 2.05) is 0 Å². The van der Waals surface area contributed by atoms with Gasteiger partial charge in [0.1, 0.15) is 12.1 Å². The molecule has 1 saturated heterocycles. The fraction of sp³-hybridized carbons (Fsp3) is 0.778. The maximum absolute atomic E-state index is 11.9. The van der Waals surface area contributed by atoms with Crippen LogP contribution in [-0.2, 0) is 14.3 Å². The number of nitrogens with zero attached hydrogens (tertiary/aromatic N) is 4. The summed E-state index contributed by atoms with van der Waals surface area (Å²) in [6.45, 7) is 0. The lowest BCUT2D eigenvalue weighted by atomic mass is 10.2. The molecular formula is C9H12N4O3. The van der Waals surface area contributed by atoms with Crippen LogP contribution in [0.1, 0.15) is 19.3 Å². The van der Waals surface area contributed by atoms with Gasteiger partial charge in [0.15, 0.2) is 0 Å². The summed E-state index contributed by atoms with van der Waals surface area (Å²) in [4.78, 5) is 27.5. The number of likely N-dealkylation sites (tertiary alicyclic amines) is 1. The summed E-state index contributed by atoms with van der Waals surface area (Å²) in [6.07, 6.45) is 2.04. The van der Waals surface area contributed by atoms with Gasteiger partial charge in [-0.15, -0.1) is 0 Å². The Balaban J connectivity index is 2.20. The third-order valence-corrected chi connectivity index (χ3v) is 2.93. The summed E-state index contributed by atoms with van der Waals surface area (Å²) < 4.78 is 4.65. The van der Waals surface area contributed by atoms with Gasteiger partial charge in [0.25, 0.3) is 0 Å². The SMILES string of the molecule is COC(=O)[C@@H]1C[C@H](N=[N+]=[N-])C(=O)N1C1CC1. The number of methoxy groups -OCH3 is 1. The van der Waals surface area contributed by atoms with Crippen LogP contribution in [0.3, 0.4) is 0 Å². The Hall–Kier alpha value is -1.75. The number of azide groups is 1. The molecule has 16 heavy (non-hydrogen) atoms. The van der Waals surface area contributed by atoms with Crippen LogP contribution >= 0.6 is 0 Å². The van der Waals surface area contributed by atoms with Crippen LogP contribution in [0.2, 0.25) is 0 Å². The number of ether oxygens (including phenoxy) is 1. The zero-order valence-electron chi connectivity index (χ0n) is 8.87. The lowest BCUT2D eigenvalue weighted by Crippen LogP contribution is -2.41. The molecule has 1 aliphatic heterocycles. The smallest absolute Gasteiger partial charge is 0.328 e. The fourth-order valence-corrected chi connectivity index (χ4v) is 2.04. The maximum Gasteiger partial charge on any atom is 0.328 e. The predicted octanol–water partition coefficient (Wildman–Crippen LogP) is 0.602. The van der Waals surface area contributed by atoms with Gasteiger partial charge in [0.05, 0.1) is 7.11 Å².